The highest BCUT2D eigenvalue weighted by atomic mass is 35.5. The van der Waals surface area contributed by atoms with Crippen molar-refractivity contribution in [3.8, 4) is 5.75 Å². The van der Waals surface area contributed by atoms with Gasteiger partial charge in [0.2, 0.25) is 0 Å². The second kappa shape index (κ2) is 8.37. The lowest BCUT2D eigenvalue weighted by Crippen LogP contribution is -2.23. The summed E-state index contributed by atoms with van der Waals surface area (Å²) < 4.78 is 5.61. The maximum atomic E-state index is 5.79. The Hall–Kier alpha value is -0.730. The van der Waals surface area contributed by atoms with Crippen molar-refractivity contribution in [1.82, 2.24) is 5.32 Å². The number of hydrogen-bond acceptors (Lipinski definition) is 2. The topological polar surface area (TPSA) is 21.3 Å². The summed E-state index contributed by atoms with van der Waals surface area (Å²) in [5.41, 5.74) is 0. The maximum Gasteiger partial charge on any atom is 0.119 e. The first-order chi connectivity index (χ1) is 8.18. The molecule has 1 N–H and O–H groups in total. The van der Waals surface area contributed by atoms with Crippen molar-refractivity contribution in [3.05, 3.63) is 29.3 Å². The molecule has 0 aliphatic carbocycles. The largest absolute Gasteiger partial charge is 0.494 e. The van der Waals surface area contributed by atoms with Crippen LogP contribution in [0.5, 0.6) is 5.75 Å². The van der Waals surface area contributed by atoms with Gasteiger partial charge in [0, 0.05) is 11.1 Å². The van der Waals surface area contributed by atoms with Crippen molar-refractivity contribution < 1.29 is 4.74 Å². The molecule has 0 aliphatic heterocycles. The molecular formula is C14H22ClNO. The normalized spacial score (nSPS) is 10.8. The van der Waals surface area contributed by atoms with Crippen molar-refractivity contribution in [1.29, 1.82) is 0 Å². The van der Waals surface area contributed by atoms with E-state index in [1.807, 2.05) is 24.3 Å². The monoisotopic (exact) mass is 255 g/mol. The summed E-state index contributed by atoms with van der Waals surface area (Å²) in [6, 6.07) is 8.10. The van der Waals surface area contributed by atoms with Gasteiger partial charge in [-0.05, 0) is 50.1 Å². The molecular weight excluding hydrogens is 234 g/mol. The molecule has 1 rings (SSSR count). The smallest absolute Gasteiger partial charge is 0.119 e. The molecule has 0 bridgehead atoms. The van der Waals surface area contributed by atoms with Crippen molar-refractivity contribution >= 4 is 11.6 Å². The molecule has 17 heavy (non-hydrogen) atoms. The van der Waals surface area contributed by atoms with Crippen LogP contribution in [0.25, 0.3) is 0 Å². The van der Waals surface area contributed by atoms with E-state index in [-0.39, 0.29) is 0 Å². The van der Waals surface area contributed by atoms with E-state index in [0.717, 1.165) is 30.3 Å². The van der Waals surface area contributed by atoms with E-state index < -0.39 is 0 Å². The first-order valence-corrected chi connectivity index (χ1v) is 6.68. The molecule has 96 valence electrons. The van der Waals surface area contributed by atoms with E-state index in [0.29, 0.717) is 6.04 Å². The van der Waals surface area contributed by atoms with Crippen LogP contribution in [0.2, 0.25) is 5.02 Å². The van der Waals surface area contributed by atoms with E-state index in [1.54, 1.807) is 0 Å². The maximum absolute atomic E-state index is 5.79. The van der Waals surface area contributed by atoms with Gasteiger partial charge in [-0.25, -0.2) is 0 Å². The molecule has 1 aromatic rings. The fourth-order valence-corrected chi connectivity index (χ4v) is 1.64. The van der Waals surface area contributed by atoms with Crippen molar-refractivity contribution in [2.24, 2.45) is 0 Å². The third-order valence-electron chi connectivity index (χ3n) is 2.46. The lowest BCUT2D eigenvalue weighted by atomic mass is 10.2. The number of rotatable bonds is 8. The minimum atomic E-state index is 0.584. The Balaban J connectivity index is 1.99. The second-order valence-electron chi connectivity index (χ2n) is 4.47. The third kappa shape index (κ3) is 7.24. The third-order valence-corrected chi connectivity index (χ3v) is 2.71. The lowest BCUT2D eigenvalue weighted by Gasteiger charge is -2.08. The average molecular weight is 256 g/mol. The van der Waals surface area contributed by atoms with Crippen molar-refractivity contribution in [3.63, 3.8) is 0 Å². The fourth-order valence-electron chi connectivity index (χ4n) is 1.52. The Kier molecular flexibility index (Phi) is 7.06. The van der Waals surface area contributed by atoms with Crippen LogP contribution in [0.1, 0.15) is 33.1 Å². The number of benzene rings is 1. The van der Waals surface area contributed by atoms with E-state index in [1.165, 1.54) is 12.8 Å². The molecule has 0 saturated carbocycles. The van der Waals surface area contributed by atoms with Gasteiger partial charge in [0.25, 0.3) is 0 Å². The van der Waals surface area contributed by atoms with Gasteiger partial charge < -0.3 is 10.1 Å². The molecule has 0 aromatic heterocycles. The molecule has 0 fully saturated rings. The summed E-state index contributed by atoms with van der Waals surface area (Å²) in [6.07, 6.45) is 3.51. The van der Waals surface area contributed by atoms with Crippen LogP contribution >= 0.6 is 11.6 Å². The zero-order valence-corrected chi connectivity index (χ0v) is 11.5. The number of unbranched alkanes of at least 4 members (excludes halogenated alkanes) is 2. The van der Waals surface area contributed by atoms with Gasteiger partial charge in [-0.15, -0.1) is 0 Å². The Morgan fingerprint density at radius 1 is 1.12 bits per heavy atom. The van der Waals surface area contributed by atoms with Gasteiger partial charge in [-0.1, -0.05) is 25.4 Å². The summed E-state index contributed by atoms with van der Waals surface area (Å²) in [5, 5.41) is 4.15. The quantitative estimate of drug-likeness (QED) is 0.712. The lowest BCUT2D eigenvalue weighted by molar-refractivity contribution is 0.304. The molecule has 0 amide bonds. The number of halogens is 1. The van der Waals surface area contributed by atoms with Gasteiger partial charge in [0.15, 0.2) is 0 Å². The molecule has 0 radical (unpaired) electrons. The van der Waals surface area contributed by atoms with Gasteiger partial charge in [0.1, 0.15) is 5.75 Å². The van der Waals surface area contributed by atoms with Crippen LogP contribution in [0, 0.1) is 0 Å². The van der Waals surface area contributed by atoms with Gasteiger partial charge >= 0.3 is 0 Å². The van der Waals surface area contributed by atoms with Crippen molar-refractivity contribution in [2.45, 2.75) is 39.2 Å². The first-order valence-electron chi connectivity index (χ1n) is 6.30. The summed E-state index contributed by atoms with van der Waals surface area (Å²) in [4.78, 5) is 0. The highest BCUT2D eigenvalue weighted by Gasteiger charge is 1.95. The molecule has 2 nitrogen and oxygen atoms in total. The number of ether oxygens (including phenoxy) is 1. The molecule has 0 spiro atoms. The molecule has 3 heteroatoms. The van der Waals surface area contributed by atoms with E-state index in [2.05, 4.69) is 19.2 Å². The van der Waals surface area contributed by atoms with E-state index in [4.69, 9.17) is 16.3 Å². The molecule has 0 saturated heterocycles. The van der Waals surface area contributed by atoms with Crippen LogP contribution in [0.15, 0.2) is 24.3 Å². The molecule has 1 aromatic carbocycles. The number of nitrogens with one attached hydrogen (secondary N) is 1. The Labute approximate surface area is 109 Å². The molecule has 0 heterocycles. The van der Waals surface area contributed by atoms with Gasteiger partial charge in [-0.2, -0.15) is 0 Å². The molecule has 0 aliphatic rings. The molecule has 0 unspecified atom stereocenters. The summed E-state index contributed by atoms with van der Waals surface area (Å²) >= 11 is 5.79. The zero-order chi connectivity index (χ0) is 12.5. The highest BCUT2D eigenvalue weighted by Crippen LogP contribution is 2.15. The Morgan fingerprint density at radius 2 is 1.82 bits per heavy atom. The fraction of sp³-hybridized carbons (Fsp3) is 0.571. The predicted molar refractivity (Wildman–Crippen MR) is 73.9 cm³/mol. The minimum Gasteiger partial charge on any atom is -0.494 e. The predicted octanol–water partition coefficient (Wildman–Crippen LogP) is 3.89. The summed E-state index contributed by atoms with van der Waals surface area (Å²) in [5.74, 6) is 0.898. The average Bonchev–Trinajstić information content (AvgIpc) is 2.30. The van der Waals surface area contributed by atoms with Crippen LogP contribution in [-0.4, -0.2) is 19.2 Å². The summed E-state index contributed by atoms with van der Waals surface area (Å²) in [7, 11) is 0. The second-order valence-corrected chi connectivity index (χ2v) is 4.91. The summed E-state index contributed by atoms with van der Waals surface area (Å²) in [6.45, 7) is 6.22. The minimum absolute atomic E-state index is 0.584. The Bertz CT molecular complexity index is 298. The highest BCUT2D eigenvalue weighted by molar-refractivity contribution is 6.30. The Morgan fingerprint density at radius 3 is 2.47 bits per heavy atom. The molecule has 0 atom stereocenters. The van der Waals surface area contributed by atoms with Crippen molar-refractivity contribution in [2.75, 3.05) is 13.2 Å². The van der Waals surface area contributed by atoms with Gasteiger partial charge in [-0.3, -0.25) is 0 Å². The van der Waals surface area contributed by atoms with E-state index in [9.17, 15) is 0 Å². The van der Waals surface area contributed by atoms with Crippen LogP contribution in [-0.2, 0) is 0 Å². The van der Waals surface area contributed by atoms with Crippen LogP contribution in [0.3, 0.4) is 0 Å². The van der Waals surface area contributed by atoms with E-state index >= 15 is 0 Å². The standard InChI is InChI=1S/C14H22ClNO/c1-12(2)16-10-4-3-5-11-17-14-8-6-13(15)7-9-14/h6-9,12,16H,3-5,10-11H2,1-2H3. The SMILES string of the molecule is CC(C)NCCCCCOc1ccc(Cl)cc1. The zero-order valence-electron chi connectivity index (χ0n) is 10.7. The van der Waals surface area contributed by atoms with Gasteiger partial charge in [0.05, 0.1) is 6.61 Å². The first kappa shape index (κ1) is 14.3. The van der Waals surface area contributed by atoms with Crippen LogP contribution < -0.4 is 10.1 Å². The van der Waals surface area contributed by atoms with Crippen LogP contribution in [0.4, 0.5) is 0 Å². The number of hydrogen-bond donors (Lipinski definition) is 1.